The predicted molar refractivity (Wildman–Crippen MR) is 137 cm³/mol. The van der Waals surface area contributed by atoms with Gasteiger partial charge in [0.15, 0.2) is 0 Å². The van der Waals surface area contributed by atoms with Crippen molar-refractivity contribution in [3.8, 4) is 0 Å². The first kappa shape index (κ1) is 24.4. The SMILES string of the molecule is Nc1nc2c(c(=O)[nH]1)CN(Cc1ccccc1)C2=O.O=C1c2[nH]c(=O)[nH]c(=O)c2CN1Cc1ccccc1. The van der Waals surface area contributed by atoms with Gasteiger partial charge in [-0.15, -0.1) is 0 Å². The molecule has 4 aromatic rings. The molecular weight excluding hydrogens is 490 g/mol. The van der Waals surface area contributed by atoms with Gasteiger partial charge in [0.05, 0.1) is 24.2 Å². The summed E-state index contributed by atoms with van der Waals surface area (Å²) in [7, 11) is 0. The minimum Gasteiger partial charge on any atom is -0.369 e. The van der Waals surface area contributed by atoms with Gasteiger partial charge in [0.25, 0.3) is 22.9 Å². The summed E-state index contributed by atoms with van der Waals surface area (Å²) in [5.41, 5.74) is 6.91. The third kappa shape index (κ3) is 4.87. The maximum Gasteiger partial charge on any atom is 0.326 e. The highest BCUT2D eigenvalue weighted by molar-refractivity contribution is 5.96. The lowest BCUT2D eigenvalue weighted by Crippen LogP contribution is -2.26. The van der Waals surface area contributed by atoms with Gasteiger partial charge in [0.1, 0.15) is 11.4 Å². The highest BCUT2D eigenvalue weighted by Gasteiger charge is 2.32. The average molecular weight is 514 g/mol. The van der Waals surface area contributed by atoms with Crippen molar-refractivity contribution in [2.45, 2.75) is 26.2 Å². The van der Waals surface area contributed by atoms with Gasteiger partial charge >= 0.3 is 5.69 Å². The summed E-state index contributed by atoms with van der Waals surface area (Å²) in [6.45, 7) is 1.35. The summed E-state index contributed by atoms with van der Waals surface area (Å²) < 4.78 is 0. The van der Waals surface area contributed by atoms with E-state index in [1.54, 1.807) is 4.90 Å². The molecule has 2 aromatic carbocycles. The Bertz CT molecular complexity index is 1690. The number of aromatic nitrogens is 4. The molecule has 0 fully saturated rings. The molecule has 0 spiro atoms. The predicted octanol–water partition coefficient (Wildman–Crippen LogP) is 0.727. The topological polar surface area (TPSA) is 178 Å². The second kappa shape index (κ2) is 10.0. The number of anilines is 1. The number of nitrogen functional groups attached to an aromatic ring is 1. The maximum atomic E-state index is 12.2. The van der Waals surface area contributed by atoms with Crippen LogP contribution in [0.4, 0.5) is 5.95 Å². The number of fused-ring (bicyclic) bond motifs is 2. The lowest BCUT2D eigenvalue weighted by molar-refractivity contribution is 0.0755. The van der Waals surface area contributed by atoms with Gasteiger partial charge < -0.3 is 20.5 Å². The number of carbonyl (C=O) groups is 2. The minimum atomic E-state index is -0.654. The fourth-order valence-electron chi connectivity index (χ4n) is 4.38. The van der Waals surface area contributed by atoms with E-state index in [0.29, 0.717) is 24.2 Å². The molecule has 12 heteroatoms. The van der Waals surface area contributed by atoms with Crippen LogP contribution in [0.2, 0.25) is 0 Å². The van der Waals surface area contributed by atoms with Crippen molar-refractivity contribution in [3.63, 3.8) is 0 Å². The van der Waals surface area contributed by atoms with Gasteiger partial charge in [-0.3, -0.25) is 29.1 Å². The van der Waals surface area contributed by atoms with Crippen LogP contribution in [0.25, 0.3) is 0 Å². The molecule has 5 N–H and O–H groups in total. The van der Waals surface area contributed by atoms with E-state index >= 15 is 0 Å². The molecule has 0 atom stereocenters. The normalized spacial score (nSPS) is 13.7. The lowest BCUT2D eigenvalue weighted by atomic mass is 10.2. The molecule has 0 bridgehead atoms. The molecule has 4 heterocycles. The molecule has 38 heavy (non-hydrogen) atoms. The van der Waals surface area contributed by atoms with Gasteiger partial charge in [0.2, 0.25) is 5.95 Å². The van der Waals surface area contributed by atoms with E-state index < -0.39 is 11.2 Å². The Morgan fingerprint density at radius 3 is 1.82 bits per heavy atom. The number of nitrogens with two attached hydrogens (primary N) is 1. The Balaban J connectivity index is 0.000000155. The van der Waals surface area contributed by atoms with Crippen LogP contribution in [0.15, 0.2) is 75.0 Å². The number of H-pyrrole nitrogens is 3. The van der Waals surface area contributed by atoms with Crippen molar-refractivity contribution in [2.75, 3.05) is 5.73 Å². The summed E-state index contributed by atoms with van der Waals surface area (Å²) in [6.07, 6.45) is 0. The standard InChI is InChI=1S/C13H12N4O2.C13H11N3O3/c14-13-15-10-9(11(18)16-13)7-17(12(10)19)6-8-4-2-1-3-5-8;17-11-9-7-16(6-8-4-2-1-3-5-8)12(18)10(9)14-13(19)15-11/h1-5H,6-7H2,(H3,14,15,16,18);1-5H,6-7H2,(H2,14,15,17,19). The number of nitrogens with one attached hydrogen (secondary N) is 3. The van der Waals surface area contributed by atoms with Crippen molar-refractivity contribution in [3.05, 3.63) is 125 Å². The summed E-state index contributed by atoms with van der Waals surface area (Å²) in [5.74, 6) is -0.600. The summed E-state index contributed by atoms with van der Waals surface area (Å²) >= 11 is 0. The Morgan fingerprint density at radius 2 is 1.21 bits per heavy atom. The third-order valence-corrected chi connectivity index (χ3v) is 6.20. The number of benzene rings is 2. The van der Waals surface area contributed by atoms with Gasteiger partial charge in [-0.05, 0) is 11.1 Å². The van der Waals surface area contributed by atoms with Crippen LogP contribution in [0, 0.1) is 0 Å². The van der Waals surface area contributed by atoms with E-state index in [0.717, 1.165) is 11.1 Å². The maximum absolute atomic E-state index is 12.2. The zero-order valence-corrected chi connectivity index (χ0v) is 20.1. The number of nitrogens with zero attached hydrogens (tertiary/aromatic N) is 3. The Hall–Kier alpha value is -5.26. The van der Waals surface area contributed by atoms with Crippen LogP contribution >= 0.6 is 0 Å². The molecule has 192 valence electrons. The lowest BCUT2D eigenvalue weighted by Gasteiger charge is -2.14. The molecule has 0 radical (unpaired) electrons. The first-order chi connectivity index (χ1) is 18.3. The Kier molecular flexibility index (Phi) is 6.44. The van der Waals surface area contributed by atoms with Crippen LogP contribution in [0.3, 0.4) is 0 Å². The number of hydrogen-bond donors (Lipinski definition) is 4. The quantitative estimate of drug-likeness (QED) is 0.311. The number of aromatic amines is 3. The van der Waals surface area contributed by atoms with Crippen molar-refractivity contribution in [1.82, 2.24) is 29.7 Å². The van der Waals surface area contributed by atoms with Gasteiger partial charge in [-0.25, -0.2) is 9.78 Å². The van der Waals surface area contributed by atoms with Crippen LogP contribution in [-0.2, 0) is 26.2 Å². The highest BCUT2D eigenvalue weighted by atomic mass is 16.2. The van der Waals surface area contributed by atoms with Crippen molar-refractivity contribution in [2.24, 2.45) is 0 Å². The zero-order valence-electron chi connectivity index (χ0n) is 20.1. The van der Waals surface area contributed by atoms with Crippen molar-refractivity contribution in [1.29, 1.82) is 0 Å². The van der Waals surface area contributed by atoms with E-state index in [1.165, 1.54) is 4.90 Å². The summed E-state index contributed by atoms with van der Waals surface area (Å²) in [6, 6.07) is 19.1. The second-order valence-electron chi connectivity index (χ2n) is 8.83. The molecule has 0 saturated carbocycles. The van der Waals surface area contributed by atoms with E-state index in [1.807, 2.05) is 60.7 Å². The number of rotatable bonds is 4. The summed E-state index contributed by atoms with van der Waals surface area (Å²) in [5, 5.41) is 0. The largest absolute Gasteiger partial charge is 0.369 e. The molecule has 0 aliphatic carbocycles. The smallest absolute Gasteiger partial charge is 0.326 e. The third-order valence-electron chi connectivity index (χ3n) is 6.20. The number of amides is 2. The fraction of sp³-hybridized carbons (Fsp3) is 0.154. The average Bonchev–Trinajstić information content (AvgIpc) is 3.38. The molecular formula is C26H23N7O5. The van der Waals surface area contributed by atoms with E-state index in [4.69, 9.17) is 5.73 Å². The van der Waals surface area contributed by atoms with Crippen LogP contribution in [0.5, 0.6) is 0 Å². The monoisotopic (exact) mass is 513 g/mol. The minimum absolute atomic E-state index is 0.0290. The number of hydrogen-bond acceptors (Lipinski definition) is 7. The molecule has 0 saturated heterocycles. The van der Waals surface area contributed by atoms with Crippen LogP contribution < -0.4 is 22.5 Å². The van der Waals surface area contributed by atoms with E-state index in [-0.39, 0.29) is 47.8 Å². The van der Waals surface area contributed by atoms with Gasteiger partial charge in [-0.2, -0.15) is 0 Å². The van der Waals surface area contributed by atoms with Crippen LogP contribution in [-0.4, -0.2) is 41.6 Å². The van der Waals surface area contributed by atoms with Gasteiger partial charge in [0, 0.05) is 13.1 Å². The second-order valence-corrected chi connectivity index (χ2v) is 8.83. The van der Waals surface area contributed by atoms with Crippen molar-refractivity contribution >= 4 is 17.8 Å². The summed E-state index contributed by atoms with van der Waals surface area (Å²) in [4.78, 5) is 72.8. The molecule has 12 nitrogen and oxygen atoms in total. The van der Waals surface area contributed by atoms with Gasteiger partial charge in [-0.1, -0.05) is 60.7 Å². The Morgan fingerprint density at radius 1 is 0.684 bits per heavy atom. The van der Waals surface area contributed by atoms with Crippen molar-refractivity contribution < 1.29 is 9.59 Å². The highest BCUT2D eigenvalue weighted by Crippen LogP contribution is 2.21. The molecule has 0 unspecified atom stereocenters. The molecule has 2 aliphatic heterocycles. The zero-order chi connectivity index (χ0) is 26.8. The molecule has 2 aromatic heterocycles. The molecule has 2 amide bonds. The Labute approximate surface area is 214 Å². The van der Waals surface area contributed by atoms with E-state index in [9.17, 15) is 24.0 Å². The first-order valence-corrected chi connectivity index (χ1v) is 11.7. The first-order valence-electron chi connectivity index (χ1n) is 11.7. The number of carbonyl (C=O) groups excluding carboxylic acids is 2. The van der Waals surface area contributed by atoms with Crippen LogP contribution in [0.1, 0.15) is 43.2 Å². The molecule has 2 aliphatic rings. The molecule has 6 rings (SSSR count). The van der Waals surface area contributed by atoms with E-state index in [2.05, 4.69) is 19.9 Å². The fourth-order valence-corrected chi connectivity index (χ4v) is 4.38.